The zero-order valence-electron chi connectivity index (χ0n) is 10.3. The van der Waals surface area contributed by atoms with Crippen molar-refractivity contribution in [1.29, 1.82) is 0 Å². The number of aromatic nitrogens is 1. The highest BCUT2D eigenvalue weighted by Gasteiger charge is 2.18. The Kier molecular flexibility index (Phi) is 4.39. The van der Waals surface area contributed by atoms with Gasteiger partial charge in [-0.25, -0.2) is 9.78 Å². The maximum Gasteiger partial charge on any atom is 0.356 e. The van der Waals surface area contributed by atoms with E-state index in [-0.39, 0.29) is 5.69 Å². The van der Waals surface area contributed by atoms with E-state index in [0.29, 0.717) is 15.0 Å². The fourth-order valence-electron chi connectivity index (χ4n) is 1.60. The highest BCUT2D eigenvalue weighted by molar-refractivity contribution is 7.19. The number of aromatic carboxylic acids is 1. The first kappa shape index (κ1) is 13.8. The molecule has 0 radical (unpaired) electrons. The van der Waals surface area contributed by atoms with Gasteiger partial charge < -0.3 is 10.4 Å². The summed E-state index contributed by atoms with van der Waals surface area (Å²) >= 11 is 7.27. The molecule has 0 bridgehead atoms. The summed E-state index contributed by atoms with van der Waals surface area (Å²) in [6.45, 7) is 2.80. The van der Waals surface area contributed by atoms with Crippen molar-refractivity contribution in [2.45, 2.75) is 13.3 Å². The first-order chi connectivity index (χ1) is 9.11. The van der Waals surface area contributed by atoms with Crippen LogP contribution in [0.15, 0.2) is 24.3 Å². The van der Waals surface area contributed by atoms with E-state index < -0.39 is 5.97 Å². The number of carbonyl (C=O) groups is 1. The minimum absolute atomic E-state index is 0.0610. The highest BCUT2D eigenvalue weighted by Crippen LogP contribution is 2.34. The molecule has 0 spiro atoms. The number of carboxylic acids is 1. The van der Waals surface area contributed by atoms with Gasteiger partial charge in [-0.15, -0.1) is 0 Å². The molecule has 2 N–H and O–H groups in total. The van der Waals surface area contributed by atoms with E-state index >= 15 is 0 Å². The van der Waals surface area contributed by atoms with Gasteiger partial charge in [-0.1, -0.05) is 42.0 Å². The third-order valence-corrected chi connectivity index (χ3v) is 3.74. The van der Waals surface area contributed by atoms with Gasteiger partial charge in [0.15, 0.2) is 10.8 Å². The van der Waals surface area contributed by atoms with Crippen LogP contribution in [0.1, 0.15) is 23.8 Å². The summed E-state index contributed by atoms with van der Waals surface area (Å²) in [5.74, 6) is -1.03. The smallest absolute Gasteiger partial charge is 0.356 e. The Balaban J connectivity index is 2.43. The lowest BCUT2D eigenvalue weighted by Crippen LogP contribution is -2.02. The SMILES string of the molecule is CCCNc1nc(C(=O)O)c(-c2cccc(Cl)c2)s1. The summed E-state index contributed by atoms with van der Waals surface area (Å²) in [7, 11) is 0. The minimum Gasteiger partial charge on any atom is -0.476 e. The second kappa shape index (κ2) is 6.04. The van der Waals surface area contributed by atoms with Crippen LogP contribution in [-0.4, -0.2) is 22.6 Å². The number of nitrogens with zero attached hydrogens (tertiary/aromatic N) is 1. The van der Waals surface area contributed by atoms with Crippen molar-refractivity contribution >= 4 is 34.0 Å². The van der Waals surface area contributed by atoms with E-state index in [1.54, 1.807) is 18.2 Å². The maximum absolute atomic E-state index is 11.3. The fourth-order valence-corrected chi connectivity index (χ4v) is 2.77. The van der Waals surface area contributed by atoms with Crippen molar-refractivity contribution in [3.8, 4) is 10.4 Å². The van der Waals surface area contributed by atoms with Gasteiger partial charge in [0.05, 0.1) is 4.88 Å². The molecule has 19 heavy (non-hydrogen) atoms. The highest BCUT2D eigenvalue weighted by atomic mass is 35.5. The van der Waals surface area contributed by atoms with E-state index in [1.807, 2.05) is 13.0 Å². The molecule has 100 valence electrons. The lowest BCUT2D eigenvalue weighted by Gasteiger charge is -1.99. The third kappa shape index (κ3) is 3.24. The largest absolute Gasteiger partial charge is 0.476 e. The monoisotopic (exact) mass is 296 g/mol. The van der Waals surface area contributed by atoms with Crippen molar-refractivity contribution in [3.63, 3.8) is 0 Å². The average molecular weight is 297 g/mol. The number of benzene rings is 1. The van der Waals surface area contributed by atoms with Crippen LogP contribution in [0.4, 0.5) is 5.13 Å². The standard InChI is InChI=1S/C13H13ClN2O2S/c1-2-6-15-13-16-10(12(17)18)11(19-13)8-4-3-5-9(14)7-8/h3-5,7H,2,6H2,1H3,(H,15,16)(H,17,18). The van der Waals surface area contributed by atoms with Gasteiger partial charge in [0.25, 0.3) is 0 Å². The molecule has 0 saturated heterocycles. The lowest BCUT2D eigenvalue weighted by atomic mass is 10.1. The molecule has 0 aliphatic heterocycles. The number of halogens is 1. The minimum atomic E-state index is -1.03. The second-order valence-electron chi connectivity index (χ2n) is 3.94. The number of hydrogen-bond donors (Lipinski definition) is 2. The zero-order chi connectivity index (χ0) is 13.8. The maximum atomic E-state index is 11.3. The molecule has 0 atom stereocenters. The summed E-state index contributed by atoms with van der Waals surface area (Å²) in [4.78, 5) is 16.0. The number of carboxylic acid groups (broad SMARTS) is 1. The molecule has 4 nitrogen and oxygen atoms in total. The number of rotatable bonds is 5. The van der Waals surface area contributed by atoms with Crippen molar-refractivity contribution in [1.82, 2.24) is 4.98 Å². The van der Waals surface area contributed by atoms with Gasteiger partial charge in [0.1, 0.15) is 0 Å². The lowest BCUT2D eigenvalue weighted by molar-refractivity contribution is 0.0692. The molecule has 0 saturated carbocycles. The molecule has 1 aromatic heterocycles. The quantitative estimate of drug-likeness (QED) is 0.876. The molecule has 1 aromatic carbocycles. The summed E-state index contributed by atoms with van der Waals surface area (Å²) in [6.07, 6.45) is 0.953. The molecule has 0 fully saturated rings. The Morgan fingerprint density at radius 1 is 1.53 bits per heavy atom. The molecule has 0 aliphatic rings. The number of anilines is 1. The topological polar surface area (TPSA) is 62.2 Å². The van der Waals surface area contributed by atoms with Crippen LogP contribution in [0, 0.1) is 0 Å². The Hall–Kier alpha value is -1.59. The van der Waals surface area contributed by atoms with Gasteiger partial charge in [-0.3, -0.25) is 0 Å². The van der Waals surface area contributed by atoms with Crippen LogP contribution >= 0.6 is 22.9 Å². The van der Waals surface area contributed by atoms with E-state index in [0.717, 1.165) is 18.5 Å². The molecule has 2 aromatic rings. The predicted octanol–water partition coefficient (Wildman–Crippen LogP) is 3.98. The Labute approximate surface area is 120 Å². The summed E-state index contributed by atoms with van der Waals surface area (Å²) in [5.41, 5.74) is 0.831. The zero-order valence-corrected chi connectivity index (χ0v) is 11.9. The Morgan fingerprint density at radius 2 is 2.32 bits per heavy atom. The van der Waals surface area contributed by atoms with Crippen LogP contribution in [0.25, 0.3) is 10.4 Å². The van der Waals surface area contributed by atoms with E-state index in [4.69, 9.17) is 11.6 Å². The van der Waals surface area contributed by atoms with Crippen LogP contribution in [0.2, 0.25) is 5.02 Å². The van der Waals surface area contributed by atoms with Crippen molar-refractivity contribution in [2.75, 3.05) is 11.9 Å². The second-order valence-corrected chi connectivity index (χ2v) is 5.37. The normalized spacial score (nSPS) is 10.4. The molecule has 0 unspecified atom stereocenters. The molecule has 0 aliphatic carbocycles. The van der Waals surface area contributed by atoms with Crippen LogP contribution in [0.5, 0.6) is 0 Å². The molecule has 1 heterocycles. The summed E-state index contributed by atoms with van der Waals surface area (Å²) in [5, 5.41) is 13.5. The summed E-state index contributed by atoms with van der Waals surface area (Å²) < 4.78 is 0. The molecule has 0 amide bonds. The van der Waals surface area contributed by atoms with Gasteiger partial charge in [0, 0.05) is 11.6 Å². The molecular formula is C13H13ClN2O2S. The van der Waals surface area contributed by atoms with Gasteiger partial charge >= 0.3 is 5.97 Å². The first-order valence-corrected chi connectivity index (χ1v) is 7.05. The number of nitrogens with one attached hydrogen (secondary N) is 1. The van der Waals surface area contributed by atoms with E-state index in [9.17, 15) is 9.90 Å². The van der Waals surface area contributed by atoms with Crippen LogP contribution < -0.4 is 5.32 Å². The van der Waals surface area contributed by atoms with Gasteiger partial charge in [-0.2, -0.15) is 0 Å². The Bertz CT molecular complexity index is 598. The number of hydrogen-bond acceptors (Lipinski definition) is 4. The van der Waals surface area contributed by atoms with Crippen molar-refractivity contribution in [2.24, 2.45) is 0 Å². The third-order valence-electron chi connectivity index (χ3n) is 2.44. The average Bonchev–Trinajstić information content (AvgIpc) is 2.80. The Morgan fingerprint density at radius 3 is 2.95 bits per heavy atom. The van der Waals surface area contributed by atoms with E-state index in [2.05, 4.69) is 10.3 Å². The first-order valence-electron chi connectivity index (χ1n) is 5.85. The summed E-state index contributed by atoms with van der Waals surface area (Å²) in [6, 6.07) is 7.12. The van der Waals surface area contributed by atoms with Crippen molar-refractivity contribution in [3.05, 3.63) is 35.0 Å². The number of thiazole rings is 1. The predicted molar refractivity (Wildman–Crippen MR) is 78.3 cm³/mol. The van der Waals surface area contributed by atoms with Crippen LogP contribution in [-0.2, 0) is 0 Å². The van der Waals surface area contributed by atoms with Gasteiger partial charge in [0.2, 0.25) is 0 Å². The fraction of sp³-hybridized carbons (Fsp3) is 0.231. The van der Waals surface area contributed by atoms with E-state index in [1.165, 1.54) is 11.3 Å². The van der Waals surface area contributed by atoms with Crippen molar-refractivity contribution < 1.29 is 9.90 Å². The van der Waals surface area contributed by atoms with Crippen LogP contribution in [0.3, 0.4) is 0 Å². The van der Waals surface area contributed by atoms with Gasteiger partial charge in [-0.05, 0) is 24.1 Å². The molecule has 6 heteroatoms. The molecule has 2 rings (SSSR count). The molecular weight excluding hydrogens is 284 g/mol.